The molecule has 0 fully saturated rings. The van der Waals surface area contributed by atoms with Gasteiger partial charge in [0.2, 0.25) is 0 Å². The third-order valence-corrected chi connectivity index (χ3v) is 4.62. The van der Waals surface area contributed by atoms with Crippen LogP contribution in [0.1, 0.15) is 15.9 Å². The Hall–Kier alpha value is -3.68. The Bertz CT molecular complexity index is 1070. The Labute approximate surface area is 177 Å². The number of carbonyl (C=O) groups is 3. The Kier molecular flexibility index (Phi) is 8.93. The maximum absolute atomic E-state index is 11.6. The second-order valence-corrected chi connectivity index (χ2v) is 7.53. The number of aliphatic carboxylic acids is 1. The highest BCUT2D eigenvalue weighted by Crippen LogP contribution is 2.18. The second-order valence-electron chi connectivity index (χ2n) is 6.11. The van der Waals surface area contributed by atoms with Crippen LogP contribution in [0.15, 0.2) is 47.4 Å². The smallest absolute Gasteiger partial charge is 0.336 e. The van der Waals surface area contributed by atoms with E-state index in [1.165, 1.54) is 36.4 Å². The average molecular weight is 454 g/mol. The first-order valence-electron chi connectivity index (χ1n) is 8.52. The van der Waals surface area contributed by atoms with Crippen molar-refractivity contribution in [2.24, 2.45) is 5.73 Å². The van der Waals surface area contributed by atoms with Gasteiger partial charge < -0.3 is 32.3 Å². The van der Waals surface area contributed by atoms with Crippen molar-refractivity contribution in [1.29, 1.82) is 0 Å². The molecular formula is C18H22N4O8S. The summed E-state index contributed by atoms with van der Waals surface area (Å²) in [6.45, 7) is 1.32. The van der Waals surface area contributed by atoms with Gasteiger partial charge >= 0.3 is 18.0 Å². The molecular weight excluding hydrogens is 432 g/mol. The van der Waals surface area contributed by atoms with Crippen LogP contribution in [0.3, 0.4) is 0 Å². The van der Waals surface area contributed by atoms with Gasteiger partial charge in [-0.1, -0.05) is 12.1 Å². The summed E-state index contributed by atoms with van der Waals surface area (Å²) in [5.74, 6) is -2.33. The lowest BCUT2D eigenvalue weighted by Crippen LogP contribution is -2.43. The summed E-state index contributed by atoms with van der Waals surface area (Å²) in [6.07, 6.45) is 0. The molecule has 0 spiro atoms. The number of urea groups is 1. The van der Waals surface area contributed by atoms with Gasteiger partial charge in [0.1, 0.15) is 6.04 Å². The zero-order chi connectivity index (χ0) is 23.8. The van der Waals surface area contributed by atoms with Crippen LogP contribution in [0.25, 0.3) is 0 Å². The minimum atomic E-state index is -4.11. The number of hydrogen-bond acceptors (Lipinski definition) is 7. The molecule has 0 heterocycles. The fraction of sp³-hybridized carbons (Fsp3) is 0.167. The van der Waals surface area contributed by atoms with Gasteiger partial charge in [-0.15, -0.1) is 0 Å². The molecule has 0 aliphatic carbocycles. The maximum atomic E-state index is 11.6. The summed E-state index contributed by atoms with van der Waals surface area (Å²) >= 11 is 0. The van der Waals surface area contributed by atoms with E-state index in [0.29, 0.717) is 16.9 Å². The van der Waals surface area contributed by atoms with E-state index in [1.807, 2.05) is 0 Å². The topological polar surface area (TPSA) is 222 Å². The molecule has 13 heteroatoms. The summed E-state index contributed by atoms with van der Waals surface area (Å²) in [4.78, 5) is 32.8. The molecule has 9 N–H and O–H groups in total. The molecule has 0 saturated carbocycles. The summed E-state index contributed by atoms with van der Waals surface area (Å²) < 4.78 is 29.5. The Balaban J connectivity index is 0.000000367. The predicted molar refractivity (Wildman–Crippen MR) is 111 cm³/mol. The quantitative estimate of drug-likeness (QED) is 0.239. The van der Waals surface area contributed by atoms with Gasteiger partial charge in [-0.05, 0) is 42.8 Å². The first kappa shape index (κ1) is 25.4. The number of carboxylic acid groups (broad SMARTS) is 2. The number of anilines is 2. The molecule has 31 heavy (non-hydrogen) atoms. The molecule has 2 aromatic carbocycles. The van der Waals surface area contributed by atoms with Crippen molar-refractivity contribution in [2.75, 3.05) is 17.6 Å². The van der Waals surface area contributed by atoms with Gasteiger partial charge in [0.15, 0.2) is 0 Å². The van der Waals surface area contributed by atoms with Gasteiger partial charge in [-0.25, -0.2) is 9.59 Å². The van der Waals surface area contributed by atoms with Crippen LogP contribution in [0.4, 0.5) is 16.2 Å². The standard InChI is InChI=1S/C12H15N3O5.C6H7NO3S/c1-6-7(10(16)17)3-2-4-9(6)15-12(20)14-5-8(13)11(18)19;7-5-2-1-3-6(4-5)11(8,9)10/h2-4,8H,5,13H2,1H3,(H,16,17)(H,18,19)(H2,14,15,20);1-4H,7H2,(H,8,9,10)/t8-;/m0./s1. The monoisotopic (exact) mass is 454 g/mol. The lowest BCUT2D eigenvalue weighted by atomic mass is 10.1. The molecule has 0 bridgehead atoms. The van der Waals surface area contributed by atoms with Crippen LogP contribution in [0, 0.1) is 6.92 Å². The average Bonchev–Trinajstić information content (AvgIpc) is 2.67. The number of carboxylic acids is 2. The number of amides is 2. The van der Waals surface area contributed by atoms with Crippen molar-refractivity contribution < 1.29 is 37.6 Å². The minimum Gasteiger partial charge on any atom is -0.480 e. The van der Waals surface area contributed by atoms with Crippen LogP contribution in [0.2, 0.25) is 0 Å². The lowest BCUT2D eigenvalue weighted by molar-refractivity contribution is -0.138. The van der Waals surface area contributed by atoms with Gasteiger partial charge in [-0.3, -0.25) is 9.35 Å². The van der Waals surface area contributed by atoms with E-state index in [0.717, 1.165) is 0 Å². The molecule has 0 saturated heterocycles. The van der Waals surface area contributed by atoms with Crippen molar-refractivity contribution in [2.45, 2.75) is 17.9 Å². The highest BCUT2D eigenvalue weighted by atomic mass is 32.2. The Morgan fingerprint density at radius 1 is 1.10 bits per heavy atom. The number of nitrogens with one attached hydrogen (secondary N) is 2. The van der Waals surface area contributed by atoms with Crippen molar-refractivity contribution in [3.63, 3.8) is 0 Å². The van der Waals surface area contributed by atoms with Crippen LogP contribution in [-0.4, -0.2) is 53.7 Å². The summed E-state index contributed by atoms with van der Waals surface area (Å²) in [5.41, 5.74) is 11.6. The third kappa shape index (κ3) is 8.30. The Morgan fingerprint density at radius 2 is 1.71 bits per heavy atom. The molecule has 168 valence electrons. The molecule has 0 unspecified atom stereocenters. The molecule has 0 aromatic heterocycles. The van der Waals surface area contributed by atoms with Crippen LogP contribution in [0.5, 0.6) is 0 Å². The van der Waals surface area contributed by atoms with Gasteiger partial charge in [0, 0.05) is 17.9 Å². The second kappa shape index (κ2) is 10.9. The van der Waals surface area contributed by atoms with Gasteiger partial charge in [0.25, 0.3) is 10.1 Å². The van der Waals surface area contributed by atoms with E-state index in [1.54, 1.807) is 13.0 Å². The highest BCUT2D eigenvalue weighted by molar-refractivity contribution is 7.85. The first-order valence-corrected chi connectivity index (χ1v) is 9.96. The van der Waals surface area contributed by atoms with Crippen molar-refractivity contribution in [3.05, 3.63) is 53.6 Å². The number of carbonyl (C=O) groups excluding carboxylic acids is 1. The van der Waals surface area contributed by atoms with Crippen LogP contribution >= 0.6 is 0 Å². The molecule has 2 rings (SSSR count). The fourth-order valence-corrected chi connectivity index (χ4v) is 2.67. The van der Waals surface area contributed by atoms with E-state index in [4.69, 9.17) is 26.2 Å². The van der Waals surface area contributed by atoms with Crippen molar-refractivity contribution >= 4 is 39.5 Å². The SMILES string of the molecule is Cc1c(NC(=O)NC[C@H](N)C(=O)O)cccc1C(=O)O.Nc1cccc(S(=O)(=O)O)c1. The first-order chi connectivity index (χ1) is 14.3. The van der Waals surface area contributed by atoms with Gasteiger partial charge in [-0.2, -0.15) is 8.42 Å². The molecule has 1 atom stereocenters. The van der Waals surface area contributed by atoms with E-state index < -0.39 is 34.1 Å². The van der Waals surface area contributed by atoms with E-state index in [9.17, 15) is 22.8 Å². The maximum Gasteiger partial charge on any atom is 0.336 e. The van der Waals surface area contributed by atoms with Gasteiger partial charge in [0.05, 0.1) is 10.5 Å². The van der Waals surface area contributed by atoms with Crippen molar-refractivity contribution in [3.8, 4) is 0 Å². The molecule has 2 aromatic rings. The normalized spacial score (nSPS) is 11.5. The van der Waals surface area contributed by atoms with Crippen LogP contribution in [-0.2, 0) is 14.9 Å². The number of rotatable bonds is 6. The largest absolute Gasteiger partial charge is 0.480 e. The molecule has 0 aliphatic heterocycles. The number of hydrogen-bond donors (Lipinski definition) is 7. The van der Waals surface area contributed by atoms with E-state index >= 15 is 0 Å². The summed E-state index contributed by atoms with van der Waals surface area (Å²) in [6, 6.07) is 8.04. The fourth-order valence-electron chi connectivity index (χ4n) is 2.13. The number of aromatic carboxylic acids is 1. The Morgan fingerprint density at radius 3 is 2.19 bits per heavy atom. The zero-order valence-electron chi connectivity index (χ0n) is 16.3. The summed E-state index contributed by atoms with van der Waals surface area (Å²) in [5, 5.41) is 22.2. The predicted octanol–water partition coefficient (Wildman–Crippen LogP) is 0.742. The van der Waals surface area contributed by atoms with Crippen molar-refractivity contribution in [1.82, 2.24) is 5.32 Å². The minimum absolute atomic E-state index is 0.0741. The molecule has 2 amide bonds. The molecule has 12 nitrogen and oxygen atoms in total. The summed E-state index contributed by atoms with van der Waals surface area (Å²) in [7, 11) is -4.11. The molecule has 0 radical (unpaired) electrons. The van der Waals surface area contributed by atoms with Crippen LogP contribution < -0.4 is 22.1 Å². The van der Waals surface area contributed by atoms with E-state index in [-0.39, 0.29) is 17.0 Å². The number of benzene rings is 2. The molecule has 0 aliphatic rings. The van der Waals surface area contributed by atoms with E-state index in [2.05, 4.69) is 10.6 Å². The number of nitrogen functional groups attached to an aromatic ring is 1. The third-order valence-electron chi connectivity index (χ3n) is 3.77. The number of nitrogens with two attached hydrogens (primary N) is 2. The highest BCUT2D eigenvalue weighted by Gasteiger charge is 2.14. The zero-order valence-corrected chi connectivity index (χ0v) is 17.1. The lowest BCUT2D eigenvalue weighted by Gasteiger charge is -2.12.